The van der Waals surface area contributed by atoms with Crippen molar-refractivity contribution >= 4 is 11.9 Å². The van der Waals surface area contributed by atoms with Crippen LogP contribution in [0.5, 0.6) is 0 Å². The third kappa shape index (κ3) is 34.1. The van der Waals surface area contributed by atoms with Gasteiger partial charge in [-0.1, -0.05) is 132 Å². The highest BCUT2D eigenvalue weighted by Crippen LogP contribution is 2.11. The number of aliphatic hydroxyl groups excluding tert-OH is 1. The van der Waals surface area contributed by atoms with Gasteiger partial charge in [0.1, 0.15) is 6.61 Å². The van der Waals surface area contributed by atoms with Crippen molar-refractivity contribution in [3.63, 3.8) is 0 Å². The molecule has 256 valence electrons. The number of carbonyl (C=O) groups excluding carboxylic acids is 2. The smallest absolute Gasteiger partial charge is 0.306 e. The van der Waals surface area contributed by atoms with Crippen LogP contribution in [0.4, 0.5) is 0 Å². The molecule has 0 fully saturated rings. The number of hydrogen-bond acceptors (Lipinski definition) is 5. The Hall–Kier alpha value is -2.66. The predicted molar refractivity (Wildman–Crippen MR) is 191 cm³/mol. The summed E-state index contributed by atoms with van der Waals surface area (Å²) in [6.07, 6.45) is 46.7. The molecule has 5 heteroatoms. The molecule has 0 aromatic carbocycles. The van der Waals surface area contributed by atoms with Gasteiger partial charge in [0.05, 0.1) is 6.61 Å². The van der Waals surface area contributed by atoms with Crippen molar-refractivity contribution in [2.24, 2.45) is 0 Å². The lowest BCUT2D eigenvalue weighted by molar-refractivity contribution is -0.161. The van der Waals surface area contributed by atoms with E-state index < -0.39 is 6.10 Å². The van der Waals surface area contributed by atoms with Crippen LogP contribution >= 0.6 is 0 Å². The number of aliphatic hydroxyl groups is 1. The molecule has 0 aliphatic rings. The maximum absolute atomic E-state index is 12.1. The van der Waals surface area contributed by atoms with Gasteiger partial charge in [-0.2, -0.15) is 0 Å². The molecule has 0 radical (unpaired) electrons. The summed E-state index contributed by atoms with van der Waals surface area (Å²) in [5.74, 6) is -0.634. The first-order chi connectivity index (χ1) is 22.1. The van der Waals surface area contributed by atoms with Gasteiger partial charge < -0.3 is 14.6 Å². The van der Waals surface area contributed by atoms with Crippen LogP contribution in [0, 0.1) is 0 Å². The van der Waals surface area contributed by atoms with Crippen molar-refractivity contribution in [2.45, 2.75) is 155 Å². The average molecular weight is 627 g/mol. The Balaban J connectivity index is 3.66. The first kappa shape index (κ1) is 42.3. The fourth-order valence-corrected chi connectivity index (χ4v) is 4.52. The number of ether oxygens (including phenoxy) is 2. The second-order valence-electron chi connectivity index (χ2n) is 11.6. The summed E-state index contributed by atoms with van der Waals surface area (Å²) in [4.78, 5) is 24.1. The van der Waals surface area contributed by atoms with Crippen molar-refractivity contribution in [3.8, 4) is 0 Å². The highest BCUT2D eigenvalue weighted by molar-refractivity contribution is 5.70. The number of hydrogen-bond donors (Lipinski definition) is 1. The normalized spacial score (nSPS) is 13.0. The minimum absolute atomic E-state index is 0.0824. The van der Waals surface area contributed by atoms with E-state index in [1.165, 1.54) is 19.3 Å². The lowest BCUT2D eigenvalue weighted by Crippen LogP contribution is -2.28. The van der Waals surface area contributed by atoms with Gasteiger partial charge in [0.15, 0.2) is 6.10 Å². The molecule has 0 aromatic heterocycles. The molecular weight excluding hydrogens is 560 g/mol. The van der Waals surface area contributed by atoms with E-state index in [1.807, 2.05) is 0 Å². The molecule has 0 bridgehead atoms. The maximum Gasteiger partial charge on any atom is 0.306 e. The van der Waals surface area contributed by atoms with E-state index in [9.17, 15) is 14.7 Å². The third-order valence-corrected chi connectivity index (χ3v) is 7.22. The molecule has 1 unspecified atom stereocenters. The summed E-state index contributed by atoms with van der Waals surface area (Å²) in [5, 5.41) is 9.51. The second kappa shape index (κ2) is 35.8. The largest absolute Gasteiger partial charge is 0.462 e. The fourth-order valence-electron chi connectivity index (χ4n) is 4.52. The highest BCUT2D eigenvalue weighted by Gasteiger charge is 2.16. The SMILES string of the molecule is CC/C=C\C/C=C\C/C=C\C/C=C\C/C=C\CCCCCCCC(=O)OC(CO)COC(=O)CCCCCCC/C=C\CCC. The molecule has 0 amide bonds. The van der Waals surface area contributed by atoms with Crippen LogP contribution in [0.2, 0.25) is 0 Å². The number of rotatable bonds is 31. The maximum atomic E-state index is 12.1. The van der Waals surface area contributed by atoms with Gasteiger partial charge in [-0.3, -0.25) is 9.59 Å². The quantitative estimate of drug-likeness (QED) is 0.0471. The minimum atomic E-state index is -0.786. The Morgan fingerprint density at radius 3 is 1.47 bits per heavy atom. The molecule has 0 spiro atoms. The van der Waals surface area contributed by atoms with Gasteiger partial charge in [0.2, 0.25) is 0 Å². The van der Waals surface area contributed by atoms with E-state index in [4.69, 9.17) is 9.47 Å². The summed E-state index contributed by atoms with van der Waals surface area (Å²) in [7, 11) is 0. The van der Waals surface area contributed by atoms with Crippen molar-refractivity contribution in [2.75, 3.05) is 13.2 Å². The molecular formula is C40H66O5. The molecule has 1 N–H and O–H groups in total. The zero-order chi connectivity index (χ0) is 32.9. The number of unbranched alkanes of at least 4 members (excludes halogenated alkanes) is 11. The highest BCUT2D eigenvalue weighted by atomic mass is 16.6. The van der Waals surface area contributed by atoms with Crippen molar-refractivity contribution < 1.29 is 24.2 Å². The fraction of sp³-hybridized carbons (Fsp3) is 0.650. The molecule has 5 nitrogen and oxygen atoms in total. The predicted octanol–water partition coefficient (Wildman–Crippen LogP) is 11.0. The Bertz CT molecular complexity index is 849. The summed E-state index contributed by atoms with van der Waals surface area (Å²) >= 11 is 0. The van der Waals surface area contributed by atoms with Gasteiger partial charge >= 0.3 is 11.9 Å². The van der Waals surface area contributed by atoms with Crippen LogP contribution in [-0.2, 0) is 19.1 Å². The van der Waals surface area contributed by atoms with Gasteiger partial charge in [0.25, 0.3) is 0 Å². The van der Waals surface area contributed by atoms with E-state index in [1.54, 1.807) is 0 Å². The van der Waals surface area contributed by atoms with Gasteiger partial charge in [0, 0.05) is 12.8 Å². The summed E-state index contributed by atoms with van der Waals surface area (Å²) in [6, 6.07) is 0. The summed E-state index contributed by atoms with van der Waals surface area (Å²) in [5.41, 5.74) is 0. The van der Waals surface area contributed by atoms with Crippen molar-refractivity contribution in [3.05, 3.63) is 72.9 Å². The van der Waals surface area contributed by atoms with Crippen LogP contribution in [0.3, 0.4) is 0 Å². The number of esters is 2. The van der Waals surface area contributed by atoms with Gasteiger partial charge in [-0.15, -0.1) is 0 Å². The second-order valence-corrected chi connectivity index (χ2v) is 11.6. The van der Waals surface area contributed by atoms with Crippen LogP contribution < -0.4 is 0 Å². The van der Waals surface area contributed by atoms with Crippen LogP contribution in [-0.4, -0.2) is 36.4 Å². The Morgan fingerprint density at radius 2 is 0.956 bits per heavy atom. The standard InChI is InChI=1S/C40H66O5/c1-3-5-7-9-11-13-15-16-17-18-19-20-21-22-23-24-25-27-29-31-33-35-40(43)45-38(36-41)37-44-39(42)34-32-30-28-26-14-12-10-8-6-4-2/h5,7-8,10-11,13,16-17,19-20,22-23,38,41H,3-4,6,9,12,14-15,18,21,24-37H2,1-2H3/b7-5-,10-8-,13-11-,17-16-,20-19-,23-22-. The third-order valence-electron chi connectivity index (χ3n) is 7.22. The number of allylic oxidation sites excluding steroid dienone is 12. The summed E-state index contributed by atoms with van der Waals surface area (Å²) < 4.78 is 10.5. The molecule has 1 atom stereocenters. The zero-order valence-electron chi connectivity index (χ0n) is 28.8. The van der Waals surface area contributed by atoms with E-state index in [0.29, 0.717) is 12.8 Å². The molecule has 0 rings (SSSR count). The number of carbonyl (C=O) groups is 2. The Labute approximate surface area is 276 Å². The monoisotopic (exact) mass is 626 g/mol. The molecule has 0 aliphatic carbocycles. The topological polar surface area (TPSA) is 72.8 Å². The van der Waals surface area contributed by atoms with E-state index in [-0.39, 0.29) is 25.2 Å². The molecule has 0 aliphatic heterocycles. The minimum Gasteiger partial charge on any atom is -0.462 e. The molecule has 0 heterocycles. The average Bonchev–Trinajstić information content (AvgIpc) is 3.04. The van der Waals surface area contributed by atoms with Gasteiger partial charge in [-0.05, 0) is 77.0 Å². The van der Waals surface area contributed by atoms with Crippen LogP contribution in [0.15, 0.2) is 72.9 Å². The van der Waals surface area contributed by atoms with Crippen molar-refractivity contribution in [1.82, 2.24) is 0 Å². The molecule has 0 aromatic rings. The first-order valence-corrected chi connectivity index (χ1v) is 18.0. The zero-order valence-corrected chi connectivity index (χ0v) is 28.8. The molecule has 0 saturated carbocycles. The lowest BCUT2D eigenvalue weighted by atomic mass is 10.1. The van der Waals surface area contributed by atoms with E-state index in [0.717, 1.165) is 103 Å². The Morgan fingerprint density at radius 1 is 0.533 bits per heavy atom. The summed E-state index contributed by atoms with van der Waals surface area (Å²) in [6.45, 7) is 3.91. The molecule has 0 saturated heterocycles. The Kier molecular flexibility index (Phi) is 33.7. The first-order valence-electron chi connectivity index (χ1n) is 18.0. The van der Waals surface area contributed by atoms with E-state index in [2.05, 4.69) is 86.8 Å². The van der Waals surface area contributed by atoms with Gasteiger partial charge in [-0.25, -0.2) is 0 Å². The molecule has 45 heavy (non-hydrogen) atoms. The lowest BCUT2D eigenvalue weighted by Gasteiger charge is -2.15. The van der Waals surface area contributed by atoms with Crippen LogP contribution in [0.25, 0.3) is 0 Å². The van der Waals surface area contributed by atoms with E-state index >= 15 is 0 Å². The van der Waals surface area contributed by atoms with Crippen molar-refractivity contribution in [1.29, 1.82) is 0 Å². The van der Waals surface area contributed by atoms with Crippen LogP contribution in [0.1, 0.15) is 149 Å².